The summed E-state index contributed by atoms with van der Waals surface area (Å²) in [5, 5.41) is 3.43. The minimum Gasteiger partial charge on any atom is -0.493 e. The molecule has 4 rings (SSSR count). The highest BCUT2D eigenvalue weighted by atomic mass is 16.5. The molecule has 0 fully saturated rings. The van der Waals surface area contributed by atoms with Gasteiger partial charge in [0.15, 0.2) is 17.5 Å². The number of fused-ring (bicyclic) bond motifs is 2. The molecule has 0 unspecified atom stereocenters. The van der Waals surface area contributed by atoms with Crippen molar-refractivity contribution in [2.75, 3.05) is 45.8 Å². The Bertz CT molecular complexity index is 1000. The lowest BCUT2D eigenvalue weighted by molar-refractivity contribution is -0.132. The maximum Gasteiger partial charge on any atom is 0.222 e. The minimum absolute atomic E-state index is 0.189. The highest BCUT2D eigenvalue weighted by molar-refractivity contribution is 5.97. The Labute approximate surface area is 190 Å². The van der Waals surface area contributed by atoms with Gasteiger partial charge in [-0.1, -0.05) is 18.2 Å². The number of methoxy groups -OCH3 is 2. The minimum atomic E-state index is 0.189. The number of carbonyl (C=O) groups is 1. The van der Waals surface area contributed by atoms with Crippen LogP contribution in [0.2, 0.25) is 0 Å². The normalized spacial score (nSPS) is 15.3. The quantitative estimate of drug-likeness (QED) is 0.428. The number of benzene rings is 2. The largest absolute Gasteiger partial charge is 0.493 e. The number of carbonyl (C=O) groups excluding carboxylic acids is 1. The van der Waals surface area contributed by atoms with Crippen LogP contribution in [0.1, 0.15) is 29.5 Å². The molecular formula is C25H32N4O3. The number of rotatable bonds is 6. The molecular weight excluding hydrogens is 404 g/mol. The Morgan fingerprint density at radius 2 is 1.75 bits per heavy atom. The number of anilines is 1. The van der Waals surface area contributed by atoms with Gasteiger partial charge in [-0.2, -0.15) is 0 Å². The van der Waals surface area contributed by atoms with E-state index in [1.54, 1.807) is 14.2 Å². The molecule has 0 aliphatic carbocycles. The van der Waals surface area contributed by atoms with Crippen molar-refractivity contribution in [3.63, 3.8) is 0 Å². The van der Waals surface area contributed by atoms with Gasteiger partial charge in [-0.05, 0) is 54.2 Å². The number of hydrogen-bond donors (Lipinski definition) is 1. The second kappa shape index (κ2) is 9.94. The van der Waals surface area contributed by atoms with E-state index in [0.717, 1.165) is 49.6 Å². The van der Waals surface area contributed by atoms with Crippen LogP contribution in [-0.2, 0) is 24.2 Å². The molecule has 32 heavy (non-hydrogen) atoms. The van der Waals surface area contributed by atoms with Crippen molar-refractivity contribution in [3.05, 3.63) is 53.1 Å². The summed E-state index contributed by atoms with van der Waals surface area (Å²) in [4.78, 5) is 21.4. The highest BCUT2D eigenvalue weighted by Crippen LogP contribution is 2.33. The van der Waals surface area contributed by atoms with Gasteiger partial charge in [-0.3, -0.25) is 9.79 Å². The van der Waals surface area contributed by atoms with Gasteiger partial charge in [0, 0.05) is 45.3 Å². The number of nitrogens with one attached hydrogen (secondary N) is 1. The number of aliphatic imine (C=N–C) groups is 1. The van der Waals surface area contributed by atoms with Crippen molar-refractivity contribution in [2.24, 2.45) is 4.99 Å². The zero-order valence-electron chi connectivity index (χ0n) is 19.2. The van der Waals surface area contributed by atoms with E-state index in [2.05, 4.69) is 39.5 Å². The molecule has 0 bridgehead atoms. The summed E-state index contributed by atoms with van der Waals surface area (Å²) in [5.74, 6) is 2.51. The van der Waals surface area contributed by atoms with E-state index in [1.165, 1.54) is 16.8 Å². The summed E-state index contributed by atoms with van der Waals surface area (Å²) in [6, 6.07) is 12.5. The van der Waals surface area contributed by atoms with E-state index >= 15 is 0 Å². The summed E-state index contributed by atoms with van der Waals surface area (Å²) in [6.07, 6.45) is 3.15. The number of nitrogens with zero attached hydrogens (tertiary/aromatic N) is 3. The monoisotopic (exact) mass is 436 g/mol. The maximum atomic E-state index is 12.8. The van der Waals surface area contributed by atoms with E-state index in [9.17, 15) is 4.79 Å². The lowest BCUT2D eigenvalue weighted by atomic mass is 9.98. The molecule has 0 spiro atoms. The Hall–Kier alpha value is -3.22. The first-order valence-electron chi connectivity index (χ1n) is 11.2. The molecule has 7 nitrogen and oxygen atoms in total. The Morgan fingerprint density at radius 1 is 1.03 bits per heavy atom. The van der Waals surface area contributed by atoms with Crippen LogP contribution >= 0.6 is 0 Å². The number of ether oxygens (including phenoxy) is 2. The molecule has 0 radical (unpaired) electrons. The molecule has 2 heterocycles. The number of hydrogen-bond acceptors (Lipinski definition) is 4. The molecule has 2 aromatic carbocycles. The van der Waals surface area contributed by atoms with Crippen molar-refractivity contribution in [1.82, 2.24) is 10.2 Å². The topological polar surface area (TPSA) is 66.4 Å². The van der Waals surface area contributed by atoms with Gasteiger partial charge in [0.1, 0.15) is 0 Å². The third-order valence-electron chi connectivity index (χ3n) is 6.28. The van der Waals surface area contributed by atoms with Gasteiger partial charge < -0.3 is 24.6 Å². The third kappa shape index (κ3) is 4.52. The first-order valence-corrected chi connectivity index (χ1v) is 11.2. The molecule has 170 valence electrons. The Balaban J connectivity index is 1.28. The van der Waals surface area contributed by atoms with Crippen molar-refractivity contribution >= 4 is 17.6 Å². The maximum absolute atomic E-state index is 12.8. The zero-order valence-corrected chi connectivity index (χ0v) is 19.2. The average Bonchev–Trinajstić information content (AvgIpc) is 3.26. The van der Waals surface area contributed by atoms with Crippen LogP contribution < -0.4 is 19.7 Å². The van der Waals surface area contributed by atoms with Crippen molar-refractivity contribution in [1.29, 1.82) is 0 Å². The van der Waals surface area contributed by atoms with Gasteiger partial charge >= 0.3 is 0 Å². The van der Waals surface area contributed by atoms with E-state index in [4.69, 9.17) is 9.47 Å². The fourth-order valence-electron chi connectivity index (χ4n) is 4.55. The standard InChI is InChI=1S/C25H32N4O3/c1-26-25(29-14-11-18-7-4-5-8-21(18)29)27-12-6-9-24(30)28-13-10-19-15-22(31-2)23(32-3)16-20(19)17-28/h4-5,7-8,15-16H,6,9-14,17H2,1-3H3,(H,26,27). The van der Waals surface area contributed by atoms with Crippen molar-refractivity contribution < 1.29 is 14.3 Å². The lowest BCUT2D eigenvalue weighted by Crippen LogP contribution is -2.41. The van der Waals surface area contributed by atoms with Gasteiger partial charge in [0.25, 0.3) is 0 Å². The number of guanidine groups is 1. The summed E-state index contributed by atoms with van der Waals surface area (Å²) >= 11 is 0. The van der Waals surface area contributed by atoms with Crippen LogP contribution in [0.5, 0.6) is 11.5 Å². The van der Waals surface area contributed by atoms with Crippen molar-refractivity contribution in [2.45, 2.75) is 32.2 Å². The number of para-hydroxylation sites is 1. The van der Waals surface area contributed by atoms with E-state index in [1.807, 2.05) is 24.1 Å². The molecule has 2 aromatic rings. The molecule has 0 saturated carbocycles. The van der Waals surface area contributed by atoms with Crippen LogP contribution in [0, 0.1) is 0 Å². The van der Waals surface area contributed by atoms with Gasteiger partial charge in [0.05, 0.1) is 14.2 Å². The lowest BCUT2D eigenvalue weighted by Gasteiger charge is -2.30. The smallest absolute Gasteiger partial charge is 0.222 e. The second-order valence-corrected chi connectivity index (χ2v) is 8.15. The highest BCUT2D eigenvalue weighted by Gasteiger charge is 2.24. The van der Waals surface area contributed by atoms with E-state index in [0.29, 0.717) is 25.3 Å². The molecule has 0 saturated heterocycles. The van der Waals surface area contributed by atoms with Crippen LogP contribution in [0.4, 0.5) is 5.69 Å². The summed E-state index contributed by atoms with van der Waals surface area (Å²) in [5.41, 5.74) is 4.93. The second-order valence-electron chi connectivity index (χ2n) is 8.15. The molecule has 2 aliphatic heterocycles. The fraction of sp³-hybridized carbons (Fsp3) is 0.440. The van der Waals surface area contributed by atoms with Crippen molar-refractivity contribution in [3.8, 4) is 11.5 Å². The first-order chi connectivity index (χ1) is 15.6. The first kappa shape index (κ1) is 22.0. The van der Waals surface area contributed by atoms with E-state index in [-0.39, 0.29) is 5.91 Å². The van der Waals surface area contributed by atoms with Gasteiger partial charge in [-0.15, -0.1) is 0 Å². The van der Waals surface area contributed by atoms with E-state index < -0.39 is 0 Å². The van der Waals surface area contributed by atoms with Crippen LogP contribution in [-0.4, -0.2) is 57.7 Å². The molecule has 0 atom stereocenters. The van der Waals surface area contributed by atoms with Crippen LogP contribution in [0.15, 0.2) is 41.4 Å². The summed E-state index contributed by atoms with van der Waals surface area (Å²) in [7, 11) is 5.09. The predicted octanol–water partition coefficient (Wildman–Crippen LogP) is 3.01. The number of amides is 1. The SMILES string of the molecule is CN=C(NCCCC(=O)N1CCc2cc(OC)c(OC)cc2C1)N1CCc2ccccc21. The van der Waals surface area contributed by atoms with Crippen LogP contribution in [0.3, 0.4) is 0 Å². The Morgan fingerprint density at radius 3 is 2.50 bits per heavy atom. The summed E-state index contributed by atoms with van der Waals surface area (Å²) < 4.78 is 10.8. The molecule has 1 N–H and O–H groups in total. The van der Waals surface area contributed by atoms with Crippen LogP contribution in [0.25, 0.3) is 0 Å². The Kier molecular flexibility index (Phi) is 6.83. The average molecular weight is 437 g/mol. The van der Waals surface area contributed by atoms with Gasteiger partial charge in [0.2, 0.25) is 5.91 Å². The fourth-order valence-corrected chi connectivity index (χ4v) is 4.55. The predicted molar refractivity (Wildman–Crippen MR) is 127 cm³/mol. The molecule has 7 heteroatoms. The molecule has 0 aromatic heterocycles. The third-order valence-corrected chi connectivity index (χ3v) is 6.28. The molecule has 2 aliphatic rings. The van der Waals surface area contributed by atoms with Gasteiger partial charge in [-0.25, -0.2) is 0 Å². The zero-order chi connectivity index (χ0) is 22.5. The molecule has 1 amide bonds. The summed E-state index contributed by atoms with van der Waals surface area (Å²) in [6.45, 7) is 3.00.